The third-order valence-corrected chi connectivity index (χ3v) is 7.49. The van der Waals surface area contributed by atoms with Gasteiger partial charge in [-0.25, -0.2) is 4.98 Å². The SMILES string of the molecule is COc1ccc(CN2CCc3nc(N4CC5CC(C4)c4cccc(=O)n4C5)nc(N)c3C2)cc1. The number of nitrogens with zero attached hydrogens (tertiary/aromatic N) is 5. The molecule has 3 aliphatic rings. The molecule has 0 saturated carbocycles. The number of nitrogen functional groups attached to an aromatic ring is 1. The van der Waals surface area contributed by atoms with E-state index in [1.807, 2.05) is 22.8 Å². The molecule has 1 saturated heterocycles. The van der Waals surface area contributed by atoms with Crippen LogP contribution in [0.4, 0.5) is 11.8 Å². The fraction of sp³-hybridized carbons (Fsp3) is 0.423. The molecule has 0 aliphatic carbocycles. The van der Waals surface area contributed by atoms with Gasteiger partial charge in [-0.15, -0.1) is 0 Å². The summed E-state index contributed by atoms with van der Waals surface area (Å²) in [6.45, 7) is 5.01. The zero-order valence-electron chi connectivity index (χ0n) is 19.5. The Morgan fingerprint density at radius 3 is 2.76 bits per heavy atom. The van der Waals surface area contributed by atoms with Crippen LogP contribution in [0.15, 0.2) is 47.3 Å². The molecule has 2 bridgehead atoms. The maximum absolute atomic E-state index is 12.3. The maximum Gasteiger partial charge on any atom is 0.250 e. The fourth-order valence-corrected chi connectivity index (χ4v) is 5.81. The van der Waals surface area contributed by atoms with Crippen molar-refractivity contribution in [2.24, 2.45) is 5.92 Å². The number of hydrogen-bond donors (Lipinski definition) is 1. The van der Waals surface area contributed by atoms with Crippen LogP contribution in [0, 0.1) is 5.92 Å². The Balaban J connectivity index is 1.20. The number of pyridine rings is 1. The van der Waals surface area contributed by atoms with Gasteiger partial charge < -0.3 is 19.9 Å². The molecule has 0 amide bonds. The smallest absolute Gasteiger partial charge is 0.250 e. The van der Waals surface area contributed by atoms with Crippen molar-refractivity contribution in [2.75, 3.05) is 37.4 Å². The van der Waals surface area contributed by atoms with E-state index in [2.05, 4.69) is 28.0 Å². The highest BCUT2D eigenvalue weighted by atomic mass is 16.5. The third-order valence-electron chi connectivity index (χ3n) is 7.49. The molecule has 2 N–H and O–H groups in total. The first-order valence-electron chi connectivity index (χ1n) is 12.0. The lowest BCUT2D eigenvalue weighted by molar-refractivity contribution is 0.243. The summed E-state index contributed by atoms with van der Waals surface area (Å²) in [7, 11) is 1.68. The van der Waals surface area contributed by atoms with Crippen LogP contribution in [0.2, 0.25) is 0 Å². The first-order valence-corrected chi connectivity index (χ1v) is 12.0. The summed E-state index contributed by atoms with van der Waals surface area (Å²) in [6, 6.07) is 13.8. The lowest BCUT2D eigenvalue weighted by Gasteiger charge is -2.43. The number of nitrogens with two attached hydrogens (primary N) is 1. The number of methoxy groups -OCH3 is 1. The zero-order valence-corrected chi connectivity index (χ0v) is 19.5. The number of ether oxygens (including phenoxy) is 1. The number of piperidine rings is 1. The summed E-state index contributed by atoms with van der Waals surface area (Å²) >= 11 is 0. The molecule has 8 nitrogen and oxygen atoms in total. The van der Waals surface area contributed by atoms with E-state index in [1.165, 1.54) is 5.56 Å². The maximum atomic E-state index is 12.3. The van der Waals surface area contributed by atoms with Gasteiger partial charge >= 0.3 is 0 Å². The first kappa shape index (κ1) is 21.2. The lowest BCUT2D eigenvalue weighted by Crippen LogP contribution is -2.47. The molecule has 176 valence electrons. The van der Waals surface area contributed by atoms with Crippen molar-refractivity contribution in [2.45, 2.75) is 38.4 Å². The molecule has 34 heavy (non-hydrogen) atoms. The normalized spacial score (nSPS) is 21.6. The number of rotatable bonds is 4. The number of anilines is 2. The fourth-order valence-electron chi connectivity index (χ4n) is 5.81. The molecular weight excluding hydrogens is 428 g/mol. The van der Waals surface area contributed by atoms with Gasteiger partial charge in [0.15, 0.2) is 0 Å². The van der Waals surface area contributed by atoms with Gasteiger partial charge in [0.25, 0.3) is 5.56 Å². The van der Waals surface area contributed by atoms with Gasteiger partial charge in [0.1, 0.15) is 11.6 Å². The summed E-state index contributed by atoms with van der Waals surface area (Å²) in [5.41, 5.74) is 11.1. The highest BCUT2D eigenvalue weighted by Gasteiger charge is 2.36. The highest BCUT2D eigenvalue weighted by Crippen LogP contribution is 2.37. The van der Waals surface area contributed by atoms with Crippen molar-refractivity contribution in [3.05, 3.63) is 75.3 Å². The van der Waals surface area contributed by atoms with E-state index in [0.29, 0.717) is 17.7 Å². The number of fused-ring (bicyclic) bond motifs is 5. The number of hydrogen-bond acceptors (Lipinski definition) is 7. The van der Waals surface area contributed by atoms with E-state index in [9.17, 15) is 4.79 Å². The molecule has 5 heterocycles. The van der Waals surface area contributed by atoms with Crippen molar-refractivity contribution in [1.82, 2.24) is 19.4 Å². The zero-order chi connectivity index (χ0) is 23.2. The average Bonchev–Trinajstić information content (AvgIpc) is 2.85. The van der Waals surface area contributed by atoms with Crippen LogP contribution in [0.3, 0.4) is 0 Å². The van der Waals surface area contributed by atoms with Crippen LogP contribution in [0.5, 0.6) is 5.75 Å². The topological polar surface area (TPSA) is 89.5 Å². The van der Waals surface area contributed by atoms with Crippen molar-refractivity contribution < 1.29 is 4.74 Å². The van der Waals surface area contributed by atoms with Gasteiger partial charge in [-0.1, -0.05) is 18.2 Å². The van der Waals surface area contributed by atoms with E-state index in [4.69, 9.17) is 20.4 Å². The molecule has 2 aromatic heterocycles. The quantitative estimate of drug-likeness (QED) is 0.642. The minimum atomic E-state index is 0.106. The van der Waals surface area contributed by atoms with Crippen LogP contribution in [0.25, 0.3) is 0 Å². The van der Waals surface area contributed by atoms with Crippen LogP contribution < -0.4 is 20.9 Å². The Morgan fingerprint density at radius 1 is 1.09 bits per heavy atom. The van der Waals surface area contributed by atoms with E-state index >= 15 is 0 Å². The second-order valence-electron chi connectivity index (χ2n) is 9.75. The predicted octanol–water partition coefficient (Wildman–Crippen LogP) is 2.41. The Bertz CT molecular complexity index is 1270. The van der Waals surface area contributed by atoms with Crippen molar-refractivity contribution in [1.29, 1.82) is 0 Å². The lowest BCUT2D eigenvalue weighted by atomic mass is 9.83. The van der Waals surface area contributed by atoms with E-state index in [1.54, 1.807) is 13.2 Å². The van der Waals surface area contributed by atoms with E-state index in [-0.39, 0.29) is 5.56 Å². The summed E-state index contributed by atoms with van der Waals surface area (Å²) < 4.78 is 7.22. The molecule has 6 rings (SSSR count). The van der Waals surface area contributed by atoms with Gasteiger partial charge in [0.2, 0.25) is 5.95 Å². The average molecular weight is 459 g/mol. The molecular formula is C26H30N6O2. The van der Waals surface area contributed by atoms with Gasteiger partial charge in [0, 0.05) is 68.9 Å². The van der Waals surface area contributed by atoms with Crippen LogP contribution >= 0.6 is 0 Å². The largest absolute Gasteiger partial charge is 0.497 e. The molecule has 3 aromatic rings. The molecule has 2 unspecified atom stereocenters. The third kappa shape index (κ3) is 3.81. The molecule has 0 spiro atoms. The van der Waals surface area contributed by atoms with Crippen molar-refractivity contribution in [3.63, 3.8) is 0 Å². The Kier molecular flexibility index (Phi) is 5.25. The van der Waals surface area contributed by atoms with Gasteiger partial charge in [0.05, 0.1) is 12.8 Å². The monoisotopic (exact) mass is 458 g/mol. The summed E-state index contributed by atoms with van der Waals surface area (Å²) in [5, 5.41) is 0. The molecule has 1 aromatic carbocycles. The Labute approximate surface area is 199 Å². The van der Waals surface area contributed by atoms with Gasteiger partial charge in [-0.2, -0.15) is 4.98 Å². The molecule has 8 heteroatoms. The molecule has 0 radical (unpaired) electrons. The summed E-state index contributed by atoms with van der Waals surface area (Å²) in [4.78, 5) is 26.7. The minimum Gasteiger partial charge on any atom is -0.497 e. The van der Waals surface area contributed by atoms with Gasteiger partial charge in [-0.05, 0) is 36.1 Å². The Hall–Kier alpha value is -3.39. The van der Waals surface area contributed by atoms with E-state index in [0.717, 1.165) is 80.8 Å². The summed E-state index contributed by atoms with van der Waals surface area (Å²) in [6.07, 6.45) is 1.98. The molecule has 3 aliphatic heterocycles. The van der Waals surface area contributed by atoms with Gasteiger partial charge in [-0.3, -0.25) is 9.69 Å². The van der Waals surface area contributed by atoms with Crippen molar-refractivity contribution in [3.8, 4) is 5.75 Å². The van der Waals surface area contributed by atoms with Crippen LogP contribution in [-0.2, 0) is 26.1 Å². The van der Waals surface area contributed by atoms with Crippen LogP contribution in [-0.4, -0.2) is 46.2 Å². The van der Waals surface area contributed by atoms with Crippen LogP contribution in [0.1, 0.15) is 34.9 Å². The standard InChI is InChI=1S/C26H30N6O2/c1-34-20-7-5-17(6-8-20)12-30-10-9-22-21(16-30)25(27)29-26(28-22)31-13-18-11-19(15-31)23-3-2-4-24(33)32(23)14-18/h2-8,18-19H,9-16H2,1H3,(H2,27,28,29). The second-order valence-corrected chi connectivity index (χ2v) is 9.75. The number of benzene rings is 1. The first-order chi connectivity index (χ1) is 16.6. The highest BCUT2D eigenvalue weighted by molar-refractivity contribution is 5.50. The number of aromatic nitrogens is 3. The molecule has 1 fully saturated rings. The molecule has 2 atom stereocenters. The van der Waals surface area contributed by atoms with Crippen molar-refractivity contribution >= 4 is 11.8 Å². The predicted molar refractivity (Wildman–Crippen MR) is 131 cm³/mol. The minimum absolute atomic E-state index is 0.106. The Morgan fingerprint density at radius 2 is 1.94 bits per heavy atom. The summed E-state index contributed by atoms with van der Waals surface area (Å²) in [5.74, 6) is 2.94. The van der Waals surface area contributed by atoms with E-state index < -0.39 is 0 Å². The second kappa shape index (κ2) is 8.43.